The van der Waals surface area contributed by atoms with Crippen LogP contribution in [0.15, 0.2) is 0 Å². The predicted octanol–water partition coefficient (Wildman–Crippen LogP) is 0.771. The molecule has 0 saturated carbocycles. The molecule has 80 valence electrons. The Morgan fingerprint density at radius 3 is 2.08 bits per heavy atom. The van der Waals surface area contributed by atoms with Gasteiger partial charge in [0, 0.05) is 6.54 Å². The first kappa shape index (κ1) is 13.5. The highest BCUT2D eigenvalue weighted by Crippen LogP contribution is 2.38. The number of rotatable bonds is 0. The van der Waals surface area contributed by atoms with E-state index in [0.717, 1.165) is 25.8 Å². The molecule has 0 amide bonds. The van der Waals surface area contributed by atoms with Gasteiger partial charge >= 0.3 is 0 Å². The molecule has 2 heterocycles. The summed E-state index contributed by atoms with van der Waals surface area (Å²) in [6, 6.07) is 0. The van der Waals surface area contributed by atoms with E-state index in [4.69, 9.17) is 0 Å². The van der Waals surface area contributed by atoms with Crippen molar-refractivity contribution >= 4 is 34.7 Å². The molecule has 0 radical (unpaired) electrons. The van der Waals surface area contributed by atoms with Crippen molar-refractivity contribution in [3.05, 3.63) is 0 Å². The molecule has 0 aromatic rings. The lowest BCUT2D eigenvalue weighted by Crippen LogP contribution is -2.59. The van der Waals surface area contributed by atoms with Crippen LogP contribution >= 0.6 is 24.8 Å². The number of halogens is 2. The van der Waals surface area contributed by atoms with Gasteiger partial charge < -0.3 is 5.32 Å². The van der Waals surface area contributed by atoms with E-state index in [-0.39, 0.29) is 29.6 Å². The minimum atomic E-state index is -2.71. The Hall–Kier alpha value is 0.490. The standard InChI is InChI=1S/C7H13NO2S.2ClH/c9-11(10)5-3-7(11)2-1-4-8-6-7;;/h8H,1-6H2;2*1H. The lowest BCUT2D eigenvalue weighted by atomic mass is 9.95. The Bertz CT molecular complexity index is 260. The van der Waals surface area contributed by atoms with Crippen LogP contribution in [0.4, 0.5) is 0 Å². The number of nitrogens with one attached hydrogen (secondary N) is 1. The molecule has 1 unspecified atom stereocenters. The van der Waals surface area contributed by atoms with Gasteiger partial charge in [0.15, 0.2) is 9.84 Å². The average molecular weight is 248 g/mol. The van der Waals surface area contributed by atoms with Crippen molar-refractivity contribution in [3.63, 3.8) is 0 Å². The van der Waals surface area contributed by atoms with Crippen LogP contribution in [0.1, 0.15) is 19.3 Å². The van der Waals surface area contributed by atoms with Gasteiger partial charge in [0.1, 0.15) is 0 Å². The topological polar surface area (TPSA) is 46.2 Å². The quantitative estimate of drug-likeness (QED) is 0.688. The molecule has 1 spiro atoms. The highest BCUT2D eigenvalue weighted by molar-refractivity contribution is 7.94. The summed E-state index contributed by atoms with van der Waals surface area (Å²) in [6.45, 7) is 1.67. The van der Waals surface area contributed by atoms with E-state index in [1.165, 1.54) is 0 Å². The van der Waals surface area contributed by atoms with Crippen molar-refractivity contribution in [2.75, 3.05) is 18.8 Å². The van der Waals surface area contributed by atoms with Crippen molar-refractivity contribution in [2.45, 2.75) is 24.0 Å². The van der Waals surface area contributed by atoms with E-state index in [1.807, 2.05) is 0 Å². The largest absolute Gasteiger partial charge is 0.315 e. The van der Waals surface area contributed by atoms with Crippen LogP contribution < -0.4 is 5.32 Å². The van der Waals surface area contributed by atoms with Crippen LogP contribution in [-0.2, 0) is 9.84 Å². The monoisotopic (exact) mass is 247 g/mol. The van der Waals surface area contributed by atoms with Gasteiger partial charge in [0.05, 0.1) is 10.5 Å². The van der Waals surface area contributed by atoms with Gasteiger partial charge in [-0.2, -0.15) is 0 Å². The Balaban J connectivity index is 0.000000720. The Kier molecular flexibility index (Phi) is 4.50. The Morgan fingerprint density at radius 1 is 1.15 bits per heavy atom. The van der Waals surface area contributed by atoms with Gasteiger partial charge in [-0.05, 0) is 25.8 Å². The fraction of sp³-hybridized carbons (Fsp3) is 1.00. The molecule has 0 bridgehead atoms. The zero-order valence-electron chi connectivity index (χ0n) is 7.28. The number of hydrogen-bond acceptors (Lipinski definition) is 3. The summed E-state index contributed by atoms with van der Waals surface area (Å²) in [5.41, 5.74) is 0. The third-order valence-corrected chi connectivity index (χ3v) is 5.53. The van der Waals surface area contributed by atoms with Gasteiger partial charge in [-0.15, -0.1) is 24.8 Å². The molecule has 0 aliphatic carbocycles. The van der Waals surface area contributed by atoms with Gasteiger partial charge in [0.2, 0.25) is 0 Å². The second-order valence-corrected chi connectivity index (χ2v) is 6.04. The zero-order chi connectivity index (χ0) is 7.95. The third kappa shape index (κ3) is 1.96. The van der Waals surface area contributed by atoms with Crippen molar-refractivity contribution in [2.24, 2.45) is 0 Å². The fourth-order valence-electron chi connectivity index (χ4n) is 1.98. The van der Waals surface area contributed by atoms with E-state index in [9.17, 15) is 8.42 Å². The molecular formula is C7H15Cl2NO2S. The molecule has 2 aliphatic rings. The van der Waals surface area contributed by atoms with Crippen molar-refractivity contribution in [1.82, 2.24) is 5.32 Å². The smallest absolute Gasteiger partial charge is 0.157 e. The summed E-state index contributed by atoms with van der Waals surface area (Å²) in [5.74, 6) is 0.411. The molecule has 1 atom stereocenters. The Morgan fingerprint density at radius 2 is 1.85 bits per heavy atom. The van der Waals surface area contributed by atoms with Gasteiger partial charge in [-0.3, -0.25) is 0 Å². The van der Waals surface area contributed by atoms with Crippen LogP contribution in [-0.4, -0.2) is 32.0 Å². The van der Waals surface area contributed by atoms with E-state index >= 15 is 0 Å². The van der Waals surface area contributed by atoms with E-state index < -0.39 is 9.84 Å². The average Bonchev–Trinajstić information content (AvgIpc) is 2.04. The molecule has 3 nitrogen and oxygen atoms in total. The first-order valence-electron chi connectivity index (χ1n) is 4.09. The molecule has 2 saturated heterocycles. The first-order valence-corrected chi connectivity index (χ1v) is 5.75. The molecule has 0 aromatic carbocycles. The van der Waals surface area contributed by atoms with E-state index in [2.05, 4.69) is 5.32 Å². The first-order chi connectivity index (χ1) is 5.16. The minimum Gasteiger partial charge on any atom is -0.315 e. The summed E-state index contributed by atoms with van der Waals surface area (Å²) in [6.07, 6.45) is 2.77. The summed E-state index contributed by atoms with van der Waals surface area (Å²) in [7, 11) is -2.71. The summed E-state index contributed by atoms with van der Waals surface area (Å²) in [4.78, 5) is 0. The minimum absolute atomic E-state index is 0. The van der Waals surface area contributed by atoms with Crippen LogP contribution in [0, 0.1) is 0 Å². The lowest BCUT2D eigenvalue weighted by molar-refractivity contribution is 0.353. The normalized spacial score (nSPS) is 35.4. The lowest BCUT2D eigenvalue weighted by Gasteiger charge is -2.43. The zero-order valence-corrected chi connectivity index (χ0v) is 9.73. The SMILES string of the molecule is Cl.Cl.O=S1(=O)CCC12CCCNC2. The maximum atomic E-state index is 11.4. The molecule has 2 fully saturated rings. The molecule has 13 heavy (non-hydrogen) atoms. The number of piperidine rings is 1. The van der Waals surface area contributed by atoms with Crippen LogP contribution in [0.3, 0.4) is 0 Å². The molecule has 2 aliphatic heterocycles. The van der Waals surface area contributed by atoms with E-state index in [0.29, 0.717) is 12.3 Å². The molecule has 2 rings (SSSR count). The number of sulfone groups is 1. The third-order valence-electron chi connectivity index (χ3n) is 2.92. The summed E-state index contributed by atoms with van der Waals surface area (Å²) < 4.78 is 22.4. The number of hydrogen-bond donors (Lipinski definition) is 1. The predicted molar refractivity (Wildman–Crippen MR) is 57.7 cm³/mol. The second kappa shape index (κ2) is 4.34. The van der Waals surface area contributed by atoms with Gasteiger partial charge in [0.25, 0.3) is 0 Å². The fourth-order valence-corrected chi connectivity index (χ4v) is 3.87. The molecule has 1 N–H and O–H groups in total. The maximum Gasteiger partial charge on any atom is 0.157 e. The molecule has 0 aromatic heterocycles. The van der Waals surface area contributed by atoms with Crippen LogP contribution in [0.2, 0.25) is 0 Å². The maximum absolute atomic E-state index is 11.4. The van der Waals surface area contributed by atoms with Gasteiger partial charge in [-0.25, -0.2) is 8.42 Å². The molecular weight excluding hydrogens is 233 g/mol. The molecule has 6 heteroatoms. The summed E-state index contributed by atoms with van der Waals surface area (Å²) in [5, 5.41) is 3.15. The van der Waals surface area contributed by atoms with Crippen LogP contribution in [0.25, 0.3) is 0 Å². The van der Waals surface area contributed by atoms with E-state index in [1.54, 1.807) is 0 Å². The van der Waals surface area contributed by atoms with Crippen molar-refractivity contribution < 1.29 is 8.42 Å². The highest BCUT2D eigenvalue weighted by atomic mass is 35.5. The van der Waals surface area contributed by atoms with Crippen molar-refractivity contribution in [3.8, 4) is 0 Å². The Labute approximate surface area is 91.4 Å². The highest BCUT2D eigenvalue weighted by Gasteiger charge is 2.51. The summed E-state index contributed by atoms with van der Waals surface area (Å²) >= 11 is 0. The van der Waals surface area contributed by atoms with Crippen molar-refractivity contribution in [1.29, 1.82) is 0 Å². The van der Waals surface area contributed by atoms with Gasteiger partial charge in [-0.1, -0.05) is 0 Å². The van der Waals surface area contributed by atoms with Crippen LogP contribution in [0.5, 0.6) is 0 Å². The second-order valence-electron chi connectivity index (χ2n) is 3.53.